The van der Waals surface area contributed by atoms with Gasteiger partial charge in [-0.3, -0.25) is 20.4 Å². The molecular formula is C21H17FN4O3S2. The van der Waals surface area contributed by atoms with Crippen LogP contribution in [0.5, 0.6) is 0 Å². The second kappa shape index (κ2) is 9.19. The van der Waals surface area contributed by atoms with E-state index in [0.29, 0.717) is 16.4 Å². The number of thiophene rings is 1. The average molecular weight is 457 g/mol. The van der Waals surface area contributed by atoms with Crippen LogP contribution >= 0.6 is 23.1 Å². The van der Waals surface area contributed by atoms with Crippen LogP contribution < -0.4 is 10.9 Å². The highest BCUT2D eigenvalue weighted by molar-refractivity contribution is 7.98. The van der Waals surface area contributed by atoms with Crippen LogP contribution in [0.4, 0.5) is 4.39 Å². The summed E-state index contributed by atoms with van der Waals surface area (Å²) in [6.45, 7) is 0. The fourth-order valence-electron chi connectivity index (χ4n) is 2.67. The number of nitrogens with one attached hydrogen (secondary N) is 2. The van der Waals surface area contributed by atoms with Gasteiger partial charge in [-0.1, -0.05) is 23.9 Å². The number of hydrogen-bond acceptors (Lipinski definition) is 6. The number of carbonyl (C=O) groups is 2. The molecule has 4 rings (SSSR count). The van der Waals surface area contributed by atoms with E-state index < -0.39 is 11.8 Å². The molecule has 158 valence electrons. The van der Waals surface area contributed by atoms with Crippen molar-refractivity contribution in [1.82, 2.24) is 20.4 Å². The minimum absolute atomic E-state index is 0.0916. The normalized spacial score (nSPS) is 10.8. The topological polar surface area (TPSA) is 89.2 Å². The zero-order valence-electron chi connectivity index (χ0n) is 16.3. The Morgan fingerprint density at radius 3 is 2.61 bits per heavy atom. The Bertz CT molecular complexity index is 1210. The van der Waals surface area contributed by atoms with Crippen LogP contribution in [0.3, 0.4) is 0 Å². The number of benzene rings is 1. The zero-order chi connectivity index (χ0) is 21.8. The maximum Gasteiger partial charge on any atom is 0.305 e. The van der Waals surface area contributed by atoms with E-state index in [1.54, 1.807) is 42.6 Å². The first kappa shape index (κ1) is 20.9. The lowest BCUT2D eigenvalue weighted by Gasteiger charge is -2.04. The highest BCUT2D eigenvalue weighted by Crippen LogP contribution is 2.28. The molecule has 31 heavy (non-hydrogen) atoms. The van der Waals surface area contributed by atoms with Gasteiger partial charge in [0, 0.05) is 24.3 Å². The van der Waals surface area contributed by atoms with Crippen molar-refractivity contribution in [2.45, 2.75) is 10.9 Å². The first-order valence-electron chi connectivity index (χ1n) is 9.15. The van der Waals surface area contributed by atoms with Crippen molar-refractivity contribution in [3.05, 3.63) is 83.1 Å². The predicted molar refractivity (Wildman–Crippen MR) is 116 cm³/mol. The SMILES string of the molecule is Cn1ccnc1SCc1ccc(C(=O)NNC(=O)c2ccc(-c3ccc(F)cc3)s2)o1. The Morgan fingerprint density at radius 2 is 1.87 bits per heavy atom. The van der Waals surface area contributed by atoms with Gasteiger partial charge >= 0.3 is 5.91 Å². The Labute approximate surface area is 185 Å². The van der Waals surface area contributed by atoms with Crippen LogP contribution in [-0.2, 0) is 12.8 Å². The van der Waals surface area contributed by atoms with Crippen molar-refractivity contribution in [1.29, 1.82) is 0 Å². The fourth-order valence-corrected chi connectivity index (χ4v) is 4.40. The standard InChI is InChI=1S/C21H17FN4O3S2/c1-26-11-10-23-21(26)30-12-15-6-7-16(29-15)19(27)24-25-20(28)18-9-8-17(31-18)13-2-4-14(22)5-3-13/h2-11H,12H2,1H3,(H,24,27)(H,25,28). The summed E-state index contributed by atoms with van der Waals surface area (Å²) in [5, 5.41) is 0.839. The molecule has 7 nitrogen and oxygen atoms in total. The third-order valence-electron chi connectivity index (χ3n) is 4.25. The second-order valence-corrected chi connectivity index (χ2v) is 8.48. The molecule has 10 heteroatoms. The van der Waals surface area contributed by atoms with E-state index in [9.17, 15) is 14.0 Å². The number of carbonyl (C=O) groups excluding carboxylic acids is 2. The molecule has 0 aliphatic carbocycles. The van der Waals surface area contributed by atoms with Crippen LogP contribution in [0, 0.1) is 5.82 Å². The number of rotatable bonds is 6. The summed E-state index contributed by atoms with van der Waals surface area (Å²) in [5.41, 5.74) is 5.53. The molecule has 0 aliphatic rings. The Morgan fingerprint density at radius 1 is 1.10 bits per heavy atom. The fraction of sp³-hybridized carbons (Fsp3) is 0.0952. The minimum atomic E-state index is -0.558. The number of hydrogen-bond donors (Lipinski definition) is 2. The molecular weight excluding hydrogens is 439 g/mol. The number of furan rings is 1. The molecule has 2 N–H and O–H groups in total. The maximum absolute atomic E-state index is 13.1. The van der Waals surface area contributed by atoms with Crippen LogP contribution in [0.2, 0.25) is 0 Å². The lowest BCUT2D eigenvalue weighted by Crippen LogP contribution is -2.41. The highest BCUT2D eigenvalue weighted by Gasteiger charge is 2.15. The zero-order valence-corrected chi connectivity index (χ0v) is 17.9. The molecule has 0 fully saturated rings. The molecule has 3 heterocycles. The van der Waals surface area contributed by atoms with Crippen LogP contribution in [0.25, 0.3) is 10.4 Å². The molecule has 0 aliphatic heterocycles. The van der Waals surface area contributed by atoms with Crippen molar-refractivity contribution in [2.75, 3.05) is 0 Å². The van der Waals surface area contributed by atoms with E-state index in [1.807, 2.05) is 17.8 Å². The number of amides is 2. The van der Waals surface area contributed by atoms with E-state index in [4.69, 9.17) is 4.42 Å². The van der Waals surface area contributed by atoms with E-state index in [1.165, 1.54) is 35.2 Å². The van der Waals surface area contributed by atoms with Gasteiger partial charge in [0.1, 0.15) is 11.6 Å². The summed E-state index contributed by atoms with van der Waals surface area (Å²) < 4.78 is 20.5. The van der Waals surface area contributed by atoms with Crippen LogP contribution in [-0.4, -0.2) is 21.4 Å². The molecule has 0 bridgehead atoms. The predicted octanol–water partition coefficient (Wildman–Crippen LogP) is 4.25. The van der Waals surface area contributed by atoms with Crippen LogP contribution in [0.15, 0.2) is 70.5 Å². The van der Waals surface area contributed by atoms with E-state index >= 15 is 0 Å². The highest BCUT2D eigenvalue weighted by atomic mass is 32.2. The van der Waals surface area contributed by atoms with Gasteiger partial charge in [0.05, 0.1) is 10.6 Å². The molecule has 0 saturated carbocycles. The van der Waals surface area contributed by atoms with Crippen molar-refractivity contribution in [3.63, 3.8) is 0 Å². The molecule has 0 radical (unpaired) electrons. The molecule has 0 saturated heterocycles. The van der Waals surface area contributed by atoms with Crippen LogP contribution in [0.1, 0.15) is 26.0 Å². The second-order valence-electron chi connectivity index (χ2n) is 6.45. The molecule has 3 aromatic heterocycles. The summed E-state index contributed by atoms with van der Waals surface area (Å²) >= 11 is 2.72. The first-order chi connectivity index (χ1) is 15.0. The largest absolute Gasteiger partial charge is 0.455 e. The average Bonchev–Trinajstić information content (AvgIpc) is 3.52. The molecule has 0 unspecified atom stereocenters. The number of nitrogens with zero attached hydrogens (tertiary/aromatic N) is 2. The van der Waals surface area contributed by atoms with E-state index in [0.717, 1.165) is 15.6 Å². The minimum Gasteiger partial charge on any atom is -0.455 e. The molecule has 4 aromatic rings. The molecule has 1 aromatic carbocycles. The molecule has 0 atom stereocenters. The number of hydrazine groups is 1. The quantitative estimate of drug-likeness (QED) is 0.335. The number of aromatic nitrogens is 2. The van der Waals surface area contributed by atoms with Crippen molar-refractivity contribution < 1.29 is 18.4 Å². The van der Waals surface area contributed by atoms with Crippen molar-refractivity contribution in [3.8, 4) is 10.4 Å². The van der Waals surface area contributed by atoms with Crippen molar-refractivity contribution in [2.24, 2.45) is 7.05 Å². The summed E-state index contributed by atoms with van der Waals surface area (Å²) in [6.07, 6.45) is 3.56. The van der Waals surface area contributed by atoms with E-state index in [-0.39, 0.29) is 11.6 Å². The van der Waals surface area contributed by atoms with Gasteiger partial charge < -0.3 is 8.98 Å². The lowest BCUT2D eigenvalue weighted by molar-refractivity contribution is 0.0832. The maximum atomic E-state index is 13.1. The molecule has 0 spiro atoms. The van der Waals surface area contributed by atoms with E-state index in [2.05, 4.69) is 15.8 Å². The third kappa shape index (κ3) is 5.04. The Hall–Kier alpha value is -3.37. The van der Waals surface area contributed by atoms with Gasteiger partial charge in [-0.15, -0.1) is 11.3 Å². The Balaban J connectivity index is 1.30. The third-order valence-corrected chi connectivity index (χ3v) is 6.47. The summed E-state index contributed by atoms with van der Waals surface area (Å²) in [7, 11) is 1.90. The van der Waals surface area contributed by atoms with Gasteiger partial charge in [-0.2, -0.15) is 0 Å². The van der Waals surface area contributed by atoms with Gasteiger partial charge in [-0.05, 0) is 42.0 Å². The Kier molecular flexibility index (Phi) is 6.19. The number of imidazole rings is 1. The van der Waals surface area contributed by atoms with Gasteiger partial charge in [0.25, 0.3) is 5.91 Å². The summed E-state index contributed by atoms with van der Waals surface area (Å²) in [5.74, 6) is -0.107. The van der Waals surface area contributed by atoms with Gasteiger partial charge in [-0.25, -0.2) is 9.37 Å². The van der Waals surface area contributed by atoms with Crippen molar-refractivity contribution >= 4 is 34.9 Å². The smallest absolute Gasteiger partial charge is 0.305 e. The molecule has 2 amide bonds. The first-order valence-corrected chi connectivity index (χ1v) is 10.9. The van der Waals surface area contributed by atoms with Gasteiger partial charge in [0.2, 0.25) is 0 Å². The summed E-state index contributed by atoms with van der Waals surface area (Å²) in [6, 6.07) is 12.7. The number of aryl methyl sites for hydroxylation is 1. The van der Waals surface area contributed by atoms with Gasteiger partial charge in [0.15, 0.2) is 10.9 Å². The summed E-state index contributed by atoms with van der Waals surface area (Å²) in [4.78, 5) is 30.0. The number of thioether (sulfide) groups is 1. The number of halogens is 1. The lowest BCUT2D eigenvalue weighted by atomic mass is 10.2. The monoisotopic (exact) mass is 456 g/mol.